The van der Waals surface area contributed by atoms with E-state index in [1.54, 1.807) is 12.3 Å². The van der Waals surface area contributed by atoms with E-state index in [2.05, 4.69) is 42.3 Å². The third kappa shape index (κ3) is 6.31. The molecule has 1 amide bonds. The molecule has 0 saturated heterocycles. The Hall–Kier alpha value is -2.36. The van der Waals surface area contributed by atoms with Gasteiger partial charge in [0.05, 0.1) is 6.04 Å². The summed E-state index contributed by atoms with van der Waals surface area (Å²) >= 11 is 0. The monoisotopic (exact) mass is 394 g/mol. The Morgan fingerprint density at radius 2 is 2.10 bits per heavy atom. The van der Waals surface area contributed by atoms with Gasteiger partial charge in [-0.05, 0) is 60.9 Å². The van der Waals surface area contributed by atoms with Crippen LogP contribution in [0.1, 0.15) is 73.1 Å². The lowest BCUT2D eigenvalue weighted by Gasteiger charge is -2.26. The summed E-state index contributed by atoms with van der Waals surface area (Å²) in [6.45, 7) is 7.09. The molecule has 0 fully saturated rings. The zero-order valence-electron chi connectivity index (χ0n) is 18.0. The first-order valence-electron chi connectivity index (χ1n) is 11.0. The summed E-state index contributed by atoms with van der Waals surface area (Å²) in [7, 11) is 0. The van der Waals surface area contributed by atoms with Crippen LogP contribution in [0.3, 0.4) is 0 Å². The Labute approximate surface area is 175 Å². The Morgan fingerprint density at radius 3 is 2.86 bits per heavy atom. The molecule has 156 valence electrons. The van der Waals surface area contributed by atoms with Crippen molar-refractivity contribution in [3.63, 3.8) is 0 Å². The van der Waals surface area contributed by atoms with Crippen molar-refractivity contribution in [2.45, 2.75) is 71.8 Å². The number of carbonyl (C=O) groups excluding carboxylic acids is 1. The van der Waals surface area contributed by atoms with Crippen molar-refractivity contribution in [2.24, 2.45) is 5.92 Å². The van der Waals surface area contributed by atoms with Crippen LogP contribution in [0, 0.1) is 12.8 Å². The molecule has 2 heterocycles. The molecule has 1 aromatic heterocycles. The van der Waals surface area contributed by atoms with Gasteiger partial charge in [0.2, 0.25) is 0 Å². The van der Waals surface area contributed by atoms with Gasteiger partial charge in [-0.3, -0.25) is 9.78 Å². The van der Waals surface area contributed by atoms with Gasteiger partial charge in [-0.25, -0.2) is 0 Å². The number of hydrogen-bond donors (Lipinski definition) is 1. The molecule has 1 aromatic carbocycles. The molecule has 0 radical (unpaired) electrons. The van der Waals surface area contributed by atoms with Gasteiger partial charge in [-0.2, -0.15) is 0 Å². The van der Waals surface area contributed by atoms with E-state index in [1.165, 1.54) is 43.2 Å². The van der Waals surface area contributed by atoms with Crippen molar-refractivity contribution in [3.8, 4) is 5.75 Å². The van der Waals surface area contributed by atoms with E-state index in [9.17, 15) is 4.79 Å². The van der Waals surface area contributed by atoms with Crippen molar-refractivity contribution in [1.29, 1.82) is 0 Å². The molecular formula is C25H34N2O2. The van der Waals surface area contributed by atoms with Crippen LogP contribution < -0.4 is 10.1 Å². The standard InChI is InChI=1S/C25H34N2O2/c1-4-7-18(2)8-5-6-9-20-11-12-21-15-22(17-29-24(21)14-20)27-25(28)23-13-10-19(3)16-26-23/h10-14,16,18,22H,4-9,15,17H2,1-3H3,(H,27,28). The smallest absolute Gasteiger partial charge is 0.270 e. The molecule has 1 N–H and O–H groups in total. The summed E-state index contributed by atoms with van der Waals surface area (Å²) < 4.78 is 5.97. The first kappa shape index (κ1) is 21.4. The molecular weight excluding hydrogens is 360 g/mol. The van der Waals surface area contributed by atoms with E-state index in [-0.39, 0.29) is 11.9 Å². The Bertz CT molecular complexity index is 801. The number of pyridine rings is 1. The maximum atomic E-state index is 12.4. The number of carbonyl (C=O) groups is 1. The SMILES string of the molecule is CCCC(C)CCCCc1ccc2c(c1)OCC(NC(=O)c1ccc(C)cn1)C2. The van der Waals surface area contributed by atoms with Gasteiger partial charge >= 0.3 is 0 Å². The van der Waals surface area contributed by atoms with Gasteiger partial charge in [0, 0.05) is 6.20 Å². The van der Waals surface area contributed by atoms with Crippen LogP contribution in [0.25, 0.3) is 0 Å². The molecule has 0 bridgehead atoms. The summed E-state index contributed by atoms with van der Waals surface area (Å²) in [5, 5.41) is 3.05. The number of fused-ring (bicyclic) bond motifs is 1. The van der Waals surface area contributed by atoms with Gasteiger partial charge in [0.1, 0.15) is 18.1 Å². The predicted octanol–water partition coefficient (Wildman–Crippen LogP) is 5.27. The summed E-state index contributed by atoms with van der Waals surface area (Å²) in [4.78, 5) is 16.6. The number of benzene rings is 1. The first-order chi connectivity index (χ1) is 14.0. The van der Waals surface area contributed by atoms with E-state index in [0.29, 0.717) is 12.3 Å². The van der Waals surface area contributed by atoms with Crippen LogP contribution in [-0.4, -0.2) is 23.5 Å². The van der Waals surface area contributed by atoms with E-state index in [1.807, 2.05) is 13.0 Å². The molecule has 2 unspecified atom stereocenters. The number of nitrogens with one attached hydrogen (secondary N) is 1. The number of ether oxygens (including phenoxy) is 1. The second-order valence-corrected chi connectivity index (χ2v) is 8.49. The van der Waals surface area contributed by atoms with E-state index >= 15 is 0 Å². The lowest BCUT2D eigenvalue weighted by Crippen LogP contribution is -2.43. The fraction of sp³-hybridized carbons (Fsp3) is 0.520. The van der Waals surface area contributed by atoms with Crippen LogP contribution in [0.2, 0.25) is 0 Å². The second kappa shape index (κ2) is 10.4. The molecule has 2 aromatic rings. The van der Waals surface area contributed by atoms with Crippen molar-refractivity contribution >= 4 is 5.91 Å². The van der Waals surface area contributed by atoms with Crippen LogP contribution >= 0.6 is 0 Å². The third-order valence-corrected chi connectivity index (χ3v) is 5.71. The highest BCUT2D eigenvalue weighted by Gasteiger charge is 2.22. The maximum absolute atomic E-state index is 12.4. The normalized spacial score (nSPS) is 16.6. The molecule has 2 atom stereocenters. The molecule has 3 rings (SSSR count). The minimum atomic E-state index is -0.143. The molecule has 1 aliphatic heterocycles. The average molecular weight is 395 g/mol. The van der Waals surface area contributed by atoms with Gasteiger partial charge in [-0.15, -0.1) is 0 Å². The van der Waals surface area contributed by atoms with Crippen LogP contribution in [-0.2, 0) is 12.8 Å². The number of amides is 1. The highest BCUT2D eigenvalue weighted by atomic mass is 16.5. The quantitative estimate of drug-likeness (QED) is 0.589. The van der Waals surface area contributed by atoms with Crippen molar-refractivity contribution < 1.29 is 9.53 Å². The summed E-state index contributed by atoms with van der Waals surface area (Å²) in [5.74, 6) is 1.67. The summed E-state index contributed by atoms with van der Waals surface area (Å²) in [6.07, 6.45) is 10.1. The molecule has 0 spiro atoms. The van der Waals surface area contributed by atoms with Crippen molar-refractivity contribution in [2.75, 3.05) is 6.61 Å². The fourth-order valence-corrected chi connectivity index (χ4v) is 3.99. The fourth-order valence-electron chi connectivity index (χ4n) is 3.99. The van der Waals surface area contributed by atoms with Crippen molar-refractivity contribution in [1.82, 2.24) is 10.3 Å². The molecule has 29 heavy (non-hydrogen) atoms. The minimum Gasteiger partial charge on any atom is -0.491 e. The van der Waals surface area contributed by atoms with E-state index in [0.717, 1.165) is 30.1 Å². The van der Waals surface area contributed by atoms with Gasteiger partial charge < -0.3 is 10.1 Å². The largest absolute Gasteiger partial charge is 0.491 e. The van der Waals surface area contributed by atoms with Crippen LogP contribution in [0.5, 0.6) is 5.75 Å². The Kier molecular flexibility index (Phi) is 7.68. The number of rotatable bonds is 9. The lowest BCUT2D eigenvalue weighted by molar-refractivity contribution is 0.0910. The topological polar surface area (TPSA) is 51.2 Å². The highest BCUT2D eigenvalue weighted by molar-refractivity contribution is 5.92. The number of aryl methyl sites for hydroxylation is 2. The van der Waals surface area contributed by atoms with E-state index < -0.39 is 0 Å². The third-order valence-electron chi connectivity index (χ3n) is 5.71. The lowest BCUT2D eigenvalue weighted by atomic mass is 9.96. The summed E-state index contributed by atoms with van der Waals surface area (Å²) in [5.41, 5.74) is 4.00. The zero-order valence-corrected chi connectivity index (χ0v) is 18.0. The van der Waals surface area contributed by atoms with Crippen molar-refractivity contribution in [3.05, 3.63) is 58.9 Å². The summed E-state index contributed by atoms with van der Waals surface area (Å²) in [6, 6.07) is 10.2. The molecule has 4 heteroatoms. The zero-order chi connectivity index (χ0) is 20.6. The first-order valence-corrected chi connectivity index (χ1v) is 11.0. The molecule has 1 aliphatic rings. The average Bonchev–Trinajstić information content (AvgIpc) is 2.72. The molecule has 4 nitrogen and oxygen atoms in total. The van der Waals surface area contributed by atoms with Gasteiger partial charge in [0.25, 0.3) is 5.91 Å². The number of hydrogen-bond acceptors (Lipinski definition) is 3. The van der Waals surface area contributed by atoms with Gasteiger partial charge in [-0.1, -0.05) is 57.7 Å². The highest BCUT2D eigenvalue weighted by Crippen LogP contribution is 2.27. The Balaban J connectivity index is 1.48. The number of unbranched alkanes of at least 4 members (excludes halogenated alkanes) is 1. The number of nitrogens with zero attached hydrogens (tertiary/aromatic N) is 1. The molecule has 0 aliphatic carbocycles. The van der Waals surface area contributed by atoms with Crippen LogP contribution in [0.15, 0.2) is 36.5 Å². The van der Waals surface area contributed by atoms with Gasteiger partial charge in [0.15, 0.2) is 0 Å². The van der Waals surface area contributed by atoms with Crippen LogP contribution in [0.4, 0.5) is 0 Å². The Morgan fingerprint density at radius 1 is 1.24 bits per heavy atom. The van der Waals surface area contributed by atoms with E-state index in [4.69, 9.17) is 4.74 Å². The predicted molar refractivity (Wildman–Crippen MR) is 117 cm³/mol. The number of aromatic nitrogens is 1. The molecule has 0 saturated carbocycles. The second-order valence-electron chi connectivity index (χ2n) is 8.49. The minimum absolute atomic E-state index is 0.0241. The maximum Gasteiger partial charge on any atom is 0.270 e.